The first-order chi connectivity index (χ1) is 10.4. The van der Waals surface area contributed by atoms with Crippen molar-refractivity contribution in [3.8, 4) is 0 Å². The highest BCUT2D eigenvalue weighted by molar-refractivity contribution is 9.10. The van der Waals surface area contributed by atoms with E-state index in [4.69, 9.17) is 12.2 Å². The Morgan fingerprint density at radius 3 is 2.64 bits per heavy atom. The molecule has 1 heterocycles. The van der Waals surface area contributed by atoms with E-state index in [2.05, 4.69) is 26.3 Å². The van der Waals surface area contributed by atoms with Crippen LogP contribution < -0.4 is 5.32 Å². The van der Waals surface area contributed by atoms with E-state index in [-0.39, 0.29) is 5.69 Å². The molecule has 2 aromatic rings. The molecule has 0 radical (unpaired) electrons. The van der Waals surface area contributed by atoms with Crippen LogP contribution in [0.1, 0.15) is 5.69 Å². The molecule has 1 N–H and O–H groups in total. The molecule has 0 fully saturated rings. The molecule has 0 spiro atoms. The number of rotatable bonds is 4. The molecule has 0 aliphatic carbocycles. The van der Waals surface area contributed by atoms with E-state index in [9.17, 15) is 10.1 Å². The fraction of sp³-hybridized carbons (Fsp3) is 0.231. The first-order valence-corrected chi connectivity index (χ1v) is 7.51. The molecule has 0 saturated carbocycles. The summed E-state index contributed by atoms with van der Waals surface area (Å²) in [6, 6.07) is 6.11. The number of hydrogen-bond acceptors (Lipinski definition) is 4. The molecule has 1 aromatic carbocycles. The lowest BCUT2D eigenvalue weighted by Crippen LogP contribution is -2.31. The van der Waals surface area contributed by atoms with Crippen molar-refractivity contribution in [3.05, 3.63) is 50.7 Å². The summed E-state index contributed by atoms with van der Waals surface area (Å²) in [4.78, 5) is 12.0. The first-order valence-electron chi connectivity index (χ1n) is 6.31. The molecule has 0 aliphatic rings. The lowest BCUT2D eigenvalue weighted by atomic mass is 10.3. The van der Waals surface area contributed by atoms with Crippen molar-refractivity contribution in [1.29, 1.82) is 0 Å². The van der Waals surface area contributed by atoms with Crippen LogP contribution in [0.2, 0.25) is 0 Å². The van der Waals surface area contributed by atoms with Gasteiger partial charge in [0.05, 0.1) is 27.8 Å². The molecule has 22 heavy (non-hydrogen) atoms. The predicted molar refractivity (Wildman–Crippen MR) is 91.7 cm³/mol. The molecular weight excluding hydrogens is 370 g/mol. The van der Waals surface area contributed by atoms with Gasteiger partial charge in [-0.2, -0.15) is 5.10 Å². The number of aromatic nitrogens is 2. The van der Waals surface area contributed by atoms with Crippen LogP contribution in [0.3, 0.4) is 0 Å². The van der Waals surface area contributed by atoms with E-state index < -0.39 is 4.92 Å². The fourth-order valence-corrected chi connectivity index (χ4v) is 2.45. The molecule has 0 unspecified atom stereocenters. The van der Waals surface area contributed by atoms with Crippen LogP contribution in [0.5, 0.6) is 0 Å². The van der Waals surface area contributed by atoms with Gasteiger partial charge >= 0.3 is 0 Å². The van der Waals surface area contributed by atoms with Crippen molar-refractivity contribution >= 4 is 44.6 Å². The summed E-state index contributed by atoms with van der Waals surface area (Å²) < 4.78 is 2.69. The third-order valence-corrected chi connectivity index (χ3v) is 4.15. The maximum absolute atomic E-state index is 10.6. The minimum Gasteiger partial charge on any atom is -0.346 e. The Balaban J connectivity index is 2.01. The number of anilines is 1. The van der Waals surface area contributed by atoms with E-state index in [1.807, 2.05) is 19.0 Å². The van der Waals surface area contributed by atoms with Crippen molar-refractivity contribution in [2.24, 2.45) is 7.05 Å². The average Bonchev–Trinajstić information content (AvgIpc) is 2.79. The van der Waals surface area contributed by atoms with Crippen LogP contribution >= 0.6 is 28.1 Å². The van der Waals surface area contributed by atoms with Gasteiger partial charge in [-0.3, -0.25) is 14.8 Å². The molecule has 0 aliphatic heterocycles. The number of benzene rings is 1. The second kappa shape index (κ2) is 6.84. The molecule has 0 amide bonds. The lowest BCUT2D eigenvalue weighted by molar-refractivity contribution is -0.384. The summed E-state index contributed by atoms with van der Waals surface area (Å²) in [5.74, 6) is 0. The van der Waals surface area contributed by atoms with Crippen LogP contribution in [0, 0.1) is 10.1 Å². The quantitative estimate of drug-likeness (QED) is 0.496. The molecule has 0 bridgehead atoms. The van der Waals surface area contributed by atoms with E-state index in [0.717, 1.165) is 10.2 Å². The highest BCUT2D eigenvalue weighted by Gasteiger charge is 2.12. The topological polar surface area (TPSA) is 76.2 Å². The van der Waals surface area contributed by atoms with Crippen LogP contribution in [0.15, 0.2) is 34.9 Å². The molecule has 2 rings (SSSR count). The number of aryl methyl sites for hydroxylation is 1. The van der Waals surface area contributed by atoms with Crippen LogP contribution in [0.4, 0.5) is 11.4 Å². The predicted octanol–water partition coefficient (Wildman–Crippen LogP) is 2.92. The number of halogens is 1. The van der Waals surface area contributed by atoms with Crippen molar-refractivity contribution in [2.45, 2.75) is 6.54 Å². The summed E-state index contributed by atoms with van der Waals surface area (Å²) in [5.41, 5.74) is 1.74. The van der Waals surface area contributed by atoms with Gasteiger partial charge in [-0.15, -0.1) is 0 Å². The van der Waals surface area contributed by atoms with Gasteiger partial charge in [0, 0.05) is 31.9 Å². The number of hydrogen-bond donors (Lipinski definition) is 1. The summed E-state index contributed by atoms with van der Waals surface area (Å²) in [5, 5.41) is 18.3. The average molecular weight is 384 g/mol. The second-order valence-electron chi connectivity index (χ2n) is 4.65. The number of thiocarbonyl (C=S) groups is 1. The number of non-ortho nitro benzene ring substituents is 1. The number of nitrogens with zero attached hydrogens (tertiary/aromatic N) is 4. The van der Waals surface area contributed by atoms with Crippen molar-refractivity contribution in [2.75, 3.05) is 12.4 Å². The molecular formula is C13H14BrN5O2S. The standard InChI is InChI=1S/C13H14BrN5O2S/c1-17(8-12-11(14)7-15-18(12)2)13(22)16-9-3-5-10(6-4-9)19(20)21/h3-7H,8H2,1-2H3,(H,16,22). The Bertz CT molecular complexity index is 681. The first kappa shape index (κ1) is 16.4. The van der Waals surface area contributed by atoms with E-state index >= 15 is 0 Å². The molecule has 0 saturated heterocycles. The highest BCUT2D eigenvalue weighted by atomic mass is 79.9. The largest absolute Gasteiger partial charge is 0.346 e. The maximum Gasteiger partial charge on any atom is 0.269 e. The SMILES string of the molecule is CN(Cc1c(Br)cnn1C)C(=S)Nc1ccc([N+](=O)[O-])cc1. The third-order valence-electron chi connectivity index (χ3n) is 3.07. The summed E-state index contributed by atoms with van der Waals surface area (Å²) in [6.07, 6.45) is 1.73. The smallest absolute Gasteiger partial charge is 0.269 e. The lowest BCUT2D eigenvalue weighted by Gasteiger charge is -2.21. The van der Waals surface area contributed by atoms with Gasteiger partial charge in [0.15, 0.2) is 5.11 Å². The fourth-order valence-electron chi connectivity index (χ4n) is 1.80. The number of nitro benzene ring substituents is 1. The van der Waals surface area contributed by atoms with Crippen LogP contribution in [-0.4, -0.2) is 31.8 Å². The Kier molecular flexibility index (Phi) is 5.09. The van der Waals surface area contributed by atoms with Gasteiger partial charge in [0.25, 0.3) is 5.69 Å². The van der Waals surface area contributed by atoms with E-state index in [1.54, 1.807) is 23.0 Å². The third kappa shape index (κ3) is 3.80. The molecule has 1 aromatic heterocycles. The van der Waals surface area contributed by atoms with Gasteiger partial charge in [-0.25, -0.2) is 0 Å². The Labute approximate surface area is 141 Å². The van der Waals surface area contributed by atoms with Gasteiger partial charge in [0.2, 0.25) is 0 Å². The number of nitrogens with one attached hydrogen (secondary N) is 1. The Morgan fingerprint density at radius 1 is 1.50 bits per heavy atom. The summed E-state index contributed by atoms with van der Waals surface area (Å²) in [7, 11) is 3.72. The Morgan fingerprint density at radius 2 is 2.14 bits per heavy atom. The van der Waals surface area contributed by atoms with Crippen LogP contribution in [-0.2, 0) is 13.6 Å². The maximum atomic E-state index is 10.6. The minimum absolute atomic E-state index is 0.0450. The van der Waals surface area contributed by atoms with Gasteiger partial charge in [-0.05, 0) is 40.3 Å². The molecule has 7 nitrogen and oxygen atoms in total. The van der Waals surface area contributed by atoms with Crippen molar-refractivity contribution in [1.82, 2.24) is 14.7 Å². The Hall–Kier alpha value is -2.00. The number of nitro groups is 1. The summed E-state index contributed by atoms with van der Waals surface area (Å²) >= 11 is 8.78. The van der Waals surface area contributed by atoms with Crippen LogP contribution in [0.25, 0.3) is 0 Å². The van der Waals surface area contributed by atoms with Gasteiger partial charge in [0.1, 0.15) is 0 Å². The van der Waals surface area contributed by atoms with E-state index in [1.165, 1.54) is 12.1 Å². The zero-order chi connectivity index (χ0) is 16.3. The van der Waals surface area contributed by atoms with Crippen molar-refractivity contribution in [3.63, 3.8) is 0 Å². The molecule has 116 valence electrons. The zero-order valence-corrected chi connectivity index (χ0v) is 14.4. The molecule has 9 heteroatoms. The minimum atomic E-state index is -0.436. The normalized spacial score (nSPS) is 10.3. The highest BCUT2D eigenvalue weighted by Crippen LogP contribution is 2.18. The van der Waals surface area contributed by atoms with Gasteiger partial charge in [-0.1, -0.05) is 0 Å². The second-order valence-corrected chi connectivity index (χ2v) is 5.89. The molecule has 0 atom stereocenters. The summed E-state index contributed by atoms with van der Waals surface area (Å²) in [6.45, 7) is 0.579. The monoisotopic (exact) mass is 383 g/mol. The van der Waals surface area contributed by atoms with E-state index in [0.29, 0.717) is 17.3 Å². The van der Waals surface area contributed by atoms with Crippen molar-refractivity contribution < 1.29 is 4.92 Å². The van der Waals surface area contributed by atoms with Gasteiger partial charge < -0.3 is 10.2 Å². The zero-order valence-electron chi connectivity index (χ0n) is 12.0.